The van der Waals surface area contributed by atoms with Crippen molar-refractivity contribution in [2.45, 2.75) is 45.1 Å². The zero-order valence-electron chi connectivity index (χ0n) is 18.4. The molecule has 1 heterocycles. The van der Waals surface area contributed by atoms with Gasteiger partial charge in [0.1, 0.15) is 23.5 Å². The number of halogens is 3. The Hall–Kier alpha value is -3.29. The van der Waals surface area contributed by atoms with E-state index in [1.165, 1.54) is 18.2 Å². The Morgan fingerprint density at radius 1 is 1.09 bits per heavy atom. The number of aromatic nitrogens is 1. The fraction of sp³-hybridized carbons (Fsp3) is 0.360. The van der Waals surface area contributed by atoms with Crippen LogP contribution in [0.1, 0.15) is 44.6 Å². The Labute approximate surface area is 189 Å². The monoisotopic (exact) mass is 457 g/mol. The van der Waals surface area contributed by atoms with Gasteiger partial charge in [-0.05, 0) is 72.6 Å². The van der Waals surface area contributed by atoms with Crippen molar-refractivity contribution in [3.05, 3.63) is 59.4 Å². The molecule has 8 heteroatoms. The summed E-state index contributed by atoms with van der Waals surface area (Å²) in [6.45, 7) is 3.88. The van der Waals surface area contributed by atoms with E-state index in [1.807, 2.05) is 13.8 Å². The largest absolute Gasteiger partial charge is 0.368 e. The Balaban J connectivity index is 1.61. The van der Waals surface area contributed by atoms with Gasteiger partial charge in [-0.3, -0.25) is 9.59 Å². The molecule has 1 atom stereocenters. The first-order chi connectivity index (χ1) is 15.6. The molecule has 1 aromatic heterocycles. The Bertz CT molecular complexity index is 1200. The second-order valence-corrected chi connectivity index (χ2v) is 9.19. The molecule has 5 nitrogen and oxygen atoms in total. The number of hydrogen-bond donors (Lipinski definition) is 3. The van der Waals surface area contributed by atoms with Gasteiger partial charge in [0, 0.05) is 17.4 Å². The lowest BCUT2D eigenvalue weighted by Crippen LogP contribution is -2.49. The third kappa shape index (κ3) is 4.60. The molecule has 1 unspecified atom stereocenters. The maximum Gasteiger partial charge on any atom is 0.240 e. The van der Waals surface area contributed by atoms with Crippen LogP contribution in [0.3, 0.4) is 0 Å². The molecule has 0 aliphatic heterocycles. The predicted molar refractivity (Wildman–Crippen MR) is 120 cm³/mol. The quantitative estimate of drug-likeness (QED) is 0.478. The first-order valence-electron chi connectivity index (χ1n) is 11.0. The topological polar surface area (TPSA) is 88.0 Å². The molecule has 1 saturated carbocycles. The van der Waals surface area contributed by atoms with E-state index in [0.29, 0.717) is 41.5 Å². The number of aromatic amines is 1. The van der Waals surface area contributed by atoms with Gasteiger partial charge in [0.05, 0.1) is 11.2 Å². The van der Waals surface area contributed by atoms with Crippen LogP contribution in [0, 0.1) is 29.3 Å². The van der Waals surface area contributed by atoms with Gasteiger partial charge in [0.25, 0.3) is 0 Å². The summed E-state index contributed by atoms with van der Waals surface area (Å²) in [5.74, 6) is -2.93. The van der Waals surface area contributed by atoms with Gasteiger partial charge in [-0.15, -0.1) is 0 Å². The lowest BCUT2D eigenvalue weighted by Gasteiger charge is -2.36. The molecule has 1 aliphatic rings. The van der Waals surface area contributed by atoms with Gasteiger partial charge in [0.2, 0.25) is 11.8 Å². The lowest BCUT2D eigenvalue weighted by atomic mass is 9.69. The van der Waals surface area contributed by atoms with Crippen LogP contribution in [0.2, 0.25) is 0 Å². The maximum atomic E-state index is 14.5. The van der Waals surface area contributed by atoms with Crippen molar-refractivity contribution in [1.29, 1.82) is 0 Å². The molecule has 1 aliphatic carbocycles. The van der Waals surface area contributed by atoms with Gasteiger partial charge in [-0.25, -0.2) is 13.2 Å². The van der Waals surface area contributed by atoms with E-state index >= 15 is 0 Å². The van der Waals surface area contributed by atoms with E-state index in [4.69, 9.17) is 5.73 Å². The highest BCUT2D eigenvalue weighted by atomic mass is 19.1. The molecule has 0 bridgehead atoms. The number of H-pyrrole nitrogens is 1. The summed E-state index contributed by atoms with van der Waals surface area (Å²) in [5.41, 5.74) is 7.52. The summed E-state index contributed by atoms with van der Waals surface area (Å²) >= 11 is 0. The molecule has 4 N–H and O–H groups in total. The summed E-state index contributed by atoms with van der Waals surface area (Å²) in [4.78, 5) is 27.4. The van der Waals surface area contributed by atoms with E-state index in [9.17, 15) is 22.8 Å². The molecule has 4 rings (SSSR count). The summed E-state index contributed by atoms with van der Waals surface area (Å²) < 4.78 is 42.0. The first kappa shape index (κ1) is 22.9. The maximum absolute atomic E-state index is 14.5. The van der Waals surface area contributed by atoms with Gasteiger partial charge in [-0.2, -0.15) is 0 Å². The van der Waals surface area contributed by atoms with Crippen LogP contribution in [0.15, 0.2) is 36.4 Å². The minimum Gasteiger partial charge on any atom is -0.368 e. The molecular formula is C25H26F3N3O2. The van der Waals surface area contributed by atoms with Crippen LogP contribution < -0.4 is 11.1 Å². The zero-order valence-corrected chi connectivity index (χ0v) is 18.4. The van der Waals surface area contributed by atoms with Crippen molar-refractivity contribution < 1.29 is 22.8 Å². The second-order valence-electron chi connectivity index (χ2n) is 9.19. The number of primary amides is 1. The molecule has 2 aromatic carbocycles. The van der Waals surface area contributed by atoms with Crippen LogP contribution in [0.25, 0.3) is 22.2 Å². The molecule has 0 spiro atoms. The number of amides is 2. The number of nitrogens with one attached hydrogen (secondary N) is 2. The van der Waals surface area contributed by atoms with Crippen LogP contribution >= 0.6 is 0 Å². The summed E-state index contributed by atoms with van der Waals surface area (Å²) in [6.07, 6.45) is 1.36. The average molecular weight is 457 g/mol. The number of carbonyl (C=O) groups excluding carboxylic acids is 2. The fourth-order valence-corrected chi connectivity index (χ4v) is 4.58. The normalized spacial score (nSPS) is 18.8. The highest BCUT2D eigenvalue weighted by Gasteiger charge is 2.39. The third-order valence-electron chi connectivity index (χ3n) is 6.28. The summed E-state index contributed by atoms with van der Waals surface area (Å²) in [6, 6.07) is 7.11. The third-order valence-corrected chi connectivity index (χ3v) is 6.28. The number of benzene rings is 2. The molecule has 3 aromatic rings. The van der Waals surface area contributed by atoms with E-state index in [2.05, 4.69) is 10.3 Å². The summed E-state index contributed by atoms with van der Waals surface area (Å²) in [7, 11) is 0. The smallest absolute Gasteiger partial charge is 0.240 e. The number of fused-ring (bicyclic) bond motifs is 1. The van der Waals surface area contributed by atoms with Crippen LogP contribution in [0.4, 0.5) is 13.2 Å². The Morgan fingerprint density at radius 2 is 1.76 bits per heavy atom. The molecule has 33 heavy (non-hydrogen) atoms. The van der Waals surface area contributed by atoms with Gasteiger partial charge in [0.15, 0.2) is 0 Å². The van der Waals surface area contributed by atoms with Crippen LogP contribution in [-0.4, -0.2) is 22.8 Å². The SMILES string of the molecule is CC(C)CC(NC(=O)C1CC(c2c(-c3ccc(F)cc3)[nH]c3c(F)cc(F)cc23)C1)C(N)=O. The Morgan fingerprint density at radius 3 is 2.36 bits per heavy atom. The number of hydrogen-bond acceptors (Lipinski definition) is 2. The standard InChI is InChI=1S/C25H26F3N3O2/c1-12(2)7-20(24(29)32)30-25(33)15-8-14(9-15)21-18-10-17(27)11-19(28)23(18)31-22(21)13-3-5-16(26)6-4-13/h3-6,10-12,14-15,20,31H,7-9H2,1-2H3,(H2,29,32)(H,30,33). The highest BCUT2D eigenvalue weighted by Crippen LogP contribution is 2.48. The van der Waals surface area contributed by atoms with Crippen molar-refractivity contribution in [1.82, 2.24) is 10.3 Å². The van der Waals surface area contributed by atoms with E-state index in [1.54, 1.807) is 12.1 Å². The molecule has 2 amide bonds. The van der Waals surface area contributed by atoms with Crippen LogP contribution in [0.5, 0.6) is 0 Å². The number of rotatable bonds is 7. The average Bonchev–Trinajstić information content (AvgIpc) is 3.06. The highest BCUT2D eigenvalue weighted by molar-refractivity contribution is 5.93. The molecule has 174 valence electrons. The lowest BCUT2D eigenvalue weighted by molar-refractivity contribution is -0.132. The minimum atomic E-state index is -0.734. The number of nitrogens with two attached hydrogens (primary N) is 1. The van der Waals surface area contributed by atoms with Gasteiger partial charge in [-0.1, -0.05) is 13.8 Å². The van der Waals surface area contributed by atoms with E-state index in [0.717, 1.165) is 6.07 Å². The minimum absolute atomic E-state index is 0.132. The fourth-order valence-electron chi connectivity index (χ4n) is 4.58. The van der Waals surface area contributed by atoms with E-state index in [-0.39, 0.29) is 29.2 Å². The van der Waals surface area contributed by atoms with Crippen molar-refractivity contribution in [2.75, 3.05) is 0 Å². The first-order valence-corrected chi connectivity index (χ1v) is 11.0. The Kier molecular flexibility index (Phi) is 6.19. The van der Waals surface area contributed by atoms with Crippen molar-refractivity contribution >= 4 is 22.7 Å². The second kappa shape index (κ2) is 8.92. The number of carbonyl (C=O) groups is 2. The van der Waals surface area contributed by atoms with E-state index < -0.39 is 29.4 Å². The van der Waals surface area contributed by atoms with Crippen LogP contribution in [-0.2, 0) is 9.59 Å². The zero-order chi connectivity index (χ0) is 23.9. The molecular weight excluding hydrogens is 431 g/mol. The predicted octanol–water partition coefficient (Wildman–Crippen LogP) is 4.76. The van der Waals surface area contributed by atoms with Gasteiger partial charge < -0.3 is 16.0 Å². The van der Waals surface area contributed by atoms with Crippen molar-refractivity contribution in [2.24, 2.45) is 17.6 Å². The molecule has 0 radical (unpaired) electrons. The van der Waals surface area contributed by atoms with Crippen molar-refractivity contribution in [3.8, 4) is 11.3 Å². The molecule has 0 saturated heterocycles. The van der Waals surface area contributed by atoms with Crippen molar-refractivity contribution in [3.63, 3.8) is 0 Å². The molecule has 1 fully saturated rings. The van der Waals surface area contributed by atoms with Gasteiger partial charge >= 0.3 is 0 Å². The summed E-state index contributed by atoms with van der Waals surface area (Å²) in [5, 5.41) is 3.15.